The van der Waals surface area contributed by atoms with Gasteiger partial charge >= 0.3 is 10.1 Å². The molecule has 0 aliphatic carbocycles. The summed E-state index contributed by atoms with van der Waals surface area (Å²) in [7, 11) is -3.79. The average molecular weight is 323 g/mol. The molecular formula is C14H17N3O4S. The smallest absolute Gasteiger partial charge is 0.306 e. The van der Waals surface area contributed by atoms with Crippen LogP contribution in [0.1, 0.15) is 22.6 Å². The minimum atomic E-state index is -3.79. The van der Waals surface area contributed by atoms with Gasteiger partial charge in [-0.05, 0) is 39.3 Å². The van der Waals surface area contributed by atoms with Crippen molar-refractivity contribution in [2.75, 3.05) is 6.26 Å². The van der Waals surface area contributed by atoms with Crippen molar-refractivity contribution in [3.8, 4) is 11.6 Å². The van der Waals surface area contributed by atoms with Gasteiger partial charge in [-0.1, -0.05) is 0 Å². The van der Waals surface area contributed by atoms with Crippen LogP contribution >= 0.6 is 0 Å². The van der Waals surface area contributed by atoms with Crippen molar-refractivity contribution in [1.82, 2.24) is 14.5 Å². The monoisotopic (exact) mass is 323 g/mol. The molecule has 2 heterocycles. The highest BCUT2D eigenvalue weighted by atomic mass is 32.2. The second-order valence-corrected chi connectivity index (χ2v) is 6.72. The lowest BCUT2D eigenvalue weighted by Gasteiger charge is -2.12. The van der Waals surface area contributed by atoms with Gasteiger partial charge in [-0.2, -0.15) is 8.42 Å². The van der Waals surface area contributed by atoms with Gasteiger partial charge in [0.2, 0.25) is 5.75 Å². The van der Waals surface area contributed by atoms with Crippen molar-refractivity contribution in [2.45, 2.75) is 27.7 Å². The van der Waals surface area contributed by atoms with Gasteiger partial charge < -0.3 is 4.18 Å². The molecular weight excluding hydrogens is 306 g/mol. The Labute approximate surface area is 128 Å². The molecule has 22 heavy (non-hydrogen) atoms. The maximum atomic E-state index is 12.5. The van der Waals surface area contributed by atoms with E-state index in [9.17, 15) is 13.2 Å². The summed E-state index contributed by atoms with van der Waals surface area (Å²) in [6.45, 7) is 7.09. The lowest BCUT2D eigenvalue weighted by atomic mass is 10.3. The minimum absolute atomic E-state index is 0.262. The third-order valence-corrected chi connectivity index (χ3v) is 3.53. The highest BCUT2D eigenvalue weighted by Gasteiger charge is 2.16. The molecule has 7 nitrogen and oxygen atoms in total. The fourth-order valence-corrected chi connectivity index (χ4v) is 2.44. The molecule has 0 spiro atoms. The SMILES string of the molecule is Cc1cc(OS(C)(=O)=O)c(=O)n(-c2nc(C)c(C)nc2C)c1. The number of nitrogens with zero attached hydrogens (tertiary/aromatic N) is 3. The molecule has 0 fully saturated rings. The summed E-state index contributed by atoms with van der Waals surface area (Å²) in [6, 6.07) is 1.38. The van der Waals surface area contributed by atoms with E-state index < -0.39 is 15.7 Å². The van der Waals surface area contributed by atoms with E-state index >= 15 is 0 Å². The molecule has 0 saturated heterocycles. The van der Waals surface area contributed by atoms with E-state index in [-0.39, 0.29) is 5.75 Å². The predicted molar refractivity (Wildman–Crippen MR) is 82.0 cm³/mol. The van der Waals surface area contributed by atoms with Crippen LogP contribution in [0, 0.1) is 27.7 Å². The quantitative estimate of drug-likeness (QED) is 0.788. The lowest BCUT2D eigenvalue weighted by molar-refractivity contribution is 0.487. The molecule has 118 valence electrons. The van der Waals surface area contributed by atoms with Crippen molar-refractivity contribution in [3.63, 3.8) is 0 Å². The van der Waals surface area contributed by atoms with E-state index in [4.69, 9.17) is 4.18 Å². The predicted octanol–water partition coefficient (Wildman–Crippen LogP) is 1.20. The van der Waals surface area contributed by atoms with Crippen LogP contribution in [0.2, 0.25) is 0 Å². The third kappa shape index (κ3) is 3.33. The summed E-state index contributed by atoms with van der Waals surface area (Å²) in [5.74, 6) is 0.0945. The third-order valence-electron chi connectivity index (χ3n) is 3.05. The number of aromatic nitrogens is 3. The van der Waals surface area contributed by atoms with E-state index in [1.54, 1.807) is 27.0 Å². The lowest BCUT2D eigenvalue weighted by Crippen LogP contribution is -2.24. The number of hydrogen-bond acceptors (Lipinski definition) is 6. The number of aryl methyl sites for hydroxylation is 4. The molecule has 0 bridgehead atoms. The van der Waals surface area contributed by atoms with Crippen LogP contribution in [-0.2, 0) is 10.1 Å². The second-order valence-electron chi connectivity index (χ2n) is 5.15. The summed E-state index contributed by atoms with van der Waals surface area (Å²) in [6.07, 6.45) is 2.46. The van der Waals surface area contributed by atoms with Gasteiger partial charge in [0.15, 0.2) is 5.82 Å². The zero-order valence-corrected chi connectivity index (χ0v) is 13.9. The Morgan fingerprint density at radius 3 is 2.23 bits per heavy atom. The fraction of sp³-hybridized carbons (Fsp3) is 0.357. The highest BCUT2D eigenvalue weighted by molar-refractivity contribution is 7.86. The summed E-state index contributed by atoms with van der Waals surface area (Å²) in [5, 5.41) is 0. The Morgan fingerprint density at radius 1 is 1.05 bits per heavy atom. The summed E-state index contributed by atoms with van der Waals surface area (Å²) in [4.78, 5) is 21.2. The van der Waals surface area contributed by atoms with Crippen LogP contribution in [0.3, 0.4) is 0 Å². The van der Waals surface area contributed by atoms with Gasteiger partial charge in [-0.25, -0.2) is 4.98 Å². The molecule has 0 unspecified atom stereocenters. The first-order chi connectivity index (χ1) is 10.1. The molecule has 0 aromatic carbocycles. The van der Waals surface area contributed by atoms with E-state index in [2.05, 4.69) is 9.97 Å². The van der Waals surface area contributed by atoms with Crippen LogP contribution < -0.4 is 9.74 Å². The molecule has 2 rings (SSSR count). The minimum Gasteiger partial charge on any atom is -0.377 e. The van der Waals surface area contributed by atoms with Crippen molar-refractivity contribution < 1.29 is 12.6 Å². The van der Waals surface area contributed by atoms with E-state index in [1.807, 2.05) is 6.92 Å². The van der Waals surface area contributed by atoms with Crippen LogP contribution in [0.5, 0.6) is 5.75 Å². The van der Waals surface area contributed by atoms with Gasteiger partial charge in [0.05, 0.1) is 23.3 Å². The summed E-state index contributed by atoms with van der Waals surface area (Å²) in [5.41, 5.74) is 2.10. The zero-order valence-electron chi connectivity index (χ0n) is 13.0. The van der Waals surface area contributed by atoms with Crippen molar-refractivity contribution >= 4 is 10.1 Å². The first-order valence-electron chi connectivity index (χ1n) is 6.53. The molecule has 2 aromatic heterocycles. The normalized spacial score (nSPS) is 11.5. The summed E-state index contributed by atoms with van der Waals surface area (Å²) < 4.78 is 28.6. The molecule has 0 aliphatic heterocycles. The van der Waals surface area contributed by atoms with Crippen LogP contribution in [-0.4, -0.2) is 29.2 Å². The highest BCUT2D eigenvalue weighted by Crippen LogP contribution is 2.15. The van der Waals surface area contributed by atoms with Crippen LogP contribution in [0.4, 0.5) is 0 Å². The van der Waals surface area contributed by atoms with E-state index in [1.165, 1.54) is 10.6 Å². The first-order valence-corrected chi connectivity index (χ1v) is 8.35. The Kier molecular flexibility index (Phi) is 4.06. The Bertz CT molecular complexity index is 901. The van der Waals surface area contributed by atoms with Crippen LogP contribution in [0.15, 0.2) is 17.1 Å². The molecule has 0 amide bonds. The number of pyridine rings is 1. The van der Waals surface area contributed by atoms with Gasteiger partial charge in [0.25, 0.3) is 5.56 Å². The molecule has 0 atom stereocenters. The van der Waals surface area contributed by atoms with E-state index in [0.29, 0.717) is 22.8 Å². The van der Waals surface area contributed by atoms with Crippen molar-refractivity contribution in [1.29, 1.82) is 0 Å². The number of hydrogen-bond donors (Lipinski definition) is 0. The average Bonchev–Trinajstić information content (AvgIpc) is 2.36. The maximum Gasteiger partial charge on any atom is 0.306 e. The van der Waals surface area contributed by atoms with Gasteiger partial charge in [-0.15, -0.1) is 0 Å². The molecule has 0 aliphatic rings. The first kappa shape index (κ1) is 16.2. The van der Waals surface area contributed by atoms with Gasteiger partial charge in [0, 0.05) is 6.20 Å². The number of rotatable bonds is 3. The molecule has 8 heteroatoms. The summed E-state index contributed by atoms with van der Waals surface area (Å²) >= 11 is 0. The van der Waals surface area contributed by atoms with Gasteiger partial charge in [-0.3, -0.25) is 14.3 Å². The zero-order chi connectivity index (χ0) is 16.7. The second kappa shape index (κ2) is 5.53. The van der Waals surface area contributed by atoms with E-state index in [0.717, 1.165) is 11.9 Å². The largest absolute Gasteiger partial charge is 0.377 e. The van der Waals surface area contributed by atoms with Gasteiger partial charge in [0.1, 0.15) is 0 Å². The maximum absolute atomic E-state index is 12.5. The molecule has 0 saturated carbocycles. The Hall–Kier alpha value is -2.22. The molecule has 0 radical (unpaired) electrons. The Balaban J connectivity index is 2.72. The molecule has 2 aromatic rings. The molecule has 0 N–H and O–H groups in total. The topological polar surface area (TPSA) is 91.2 Å². The van der Waals surface area contributed by atoms with Crippen LogP contribution in [0.25, 0.3) is 5.82 Å². The Morgan fingerprint density at radius 2 is 1.64 bits per heavy atom. The standard InChI is InChI=1S/C14H17N3O4S/c1-8-6-12(21-22(5,19)20)14(18)17(7-8)13-11(4)15-9(2)10(3)16-13/h6-7H,1-5H3. The van der Waals surface area contributed by atoms with Crippen molar-refractivity contribution in [2.24, 2.45) is 0 Å². The van der Waals surface area contributed by atoms with Crippen molar-refractivity contribution in [3.05, 3.63) is 45.3 Å². The fourth-order valence-electron chi connectivity index (χ4n) is 2.00.